The lowest BCUT2D eigenvalue weighted by Crippen LogP contribution is -2.22. The number of aryl methyl sites for hydroxylation is 2. The summed E-state index contributed by atoms with van der Waals surface area (Å²) in [6.45, 7) is 4.66. The zero-order valence-electron chi connectivity index (χ0n) is 11.0. The van der Waals surface area contributed by atoms with Crippen LogP contribution < -0.4 is 16.8 Å². The van der Waals surface area contributed by atoms with E-state index in [1.807, 2.05) is 0 Å². The maximum absolute atomic E-state index is 12.0. The number of anilines is 2. The van der Waals surface area contributed by atoms with Gasteiger partial charge in [-0.2, -0.15) is 0 Å². The fraction of sp³-hybridized carbons (Fsp3) is 0.214. The molecule has 100 valence electrons. The van der Waals surface area contributed by atoms with Crippen LogP contribution in [0.4, 0.5) is 11.4 Å². The Hall–Kier alpha value is -2.01. The largest absolute Gasteiger partial charge is 0.399 e. The fourth-order valence-corrected chi connectivity index (χ4v) is 2.81. The van der Waals surface area contributed by atoms with Gasteiger partial charge in [-0.25, -0.2) is 0 Å². The lowest BCUT2D eigenvalue weighted by molar-refractivity contribution is 0.0951. The standard InChI is InChI=1S/C14H17N3OS/c1-8-3-13(19-9(8)2)7-17-14(18)10-4-11(15)6-12(16)5-10/h3-6H,7,15-16H2,1-2H3,(H,17,18). The Labute approximate surface area is 116 Å². The smallest absolute Gasteiger partial charge is 0.251 e. The first-order valence-corrected chi connectivity index (χ1v) is 6.77. The normalized spacial score (nSPS) is 10.4. The van der Waals surface area contributed by atoms with E-state index in [1.165, 1.54) is 10.4 Å². The minimum atomic E-state index is -0.164. The molecule has 0 aliphatic rings. The number of carbonyl (C=O) groups excluding carboxylic acids is 1. The van der Waals surface area contributed by atoms with E-state index in [4.69, 9.17) is 11.5 Å². The maximum atomic E-state index is 12.0. The van der Waals surface area contributed by atoms with E-state index in [2.05, 4.69) is 25.2 Å². The Balaban J connectivity index is 2.05. The average molecular weight is 275 g/mol. The van der Waals surface area contributed by atoms with Crippen molar-refractivity contribution in [3.05, 3.63) is 45.1 Å². The zero-order chi connectivity index (χ0) is 14.0. The summed E-state index contributed by atoms with van der Waals surface area (Å²) in [5, 5.41) is 2.87. The Morgan fingerprint density at radius 3 is 2.32 bits per heavy atom. The molecule has 2 rings (SSSR count). The number of thiophene rings is 1. The average Bonchev–Trinajstić information content (AvgIpc) is 2.64. The molecule has 0 saturated heterocycles. The first-order chi connectivity index (χ1) is 8.95. The molecule has 0 saturated carbocycles. The highest BCUT2D eigenvalue weighted by atomic mass is 32.1. The van der Waals surface area contributed by atoms with Gasteiger partial charge in [0.2, 0.25) is 0 Å². The monoisotopic (exact) mass is 275 g/mol. The molecule has 0 atom stereocenters. The molecule has 2 aromatic rings. The second-order valence-corrected chi connectivity index (χ2v) is 5.86. The summed E-state index contributed by atoms with van der Waals surface area (Å²) >= 11 is 1.69. The topological polar surface area (TPSA) is 81.1 Å². The Kier molecular flexibility index (Phi) is 3.76. The van der Waals surface area contributed by atoms with Gasteiger partial charge in [-0.15, -0.1) is 11.3 Å². The highest BCUT2D eigenvalue weighted by Crippen LogP contribution is 2.20. The molecule has 1 amide bonds. The van der Waals surface area contributed by atoms with E-state index < -0.39 is 0 Å². The van der Waals surface area contributed by atoms with Gasteiger partial charge in [0.25, 0.3) is 5.91 Å². The Bertz CT molecular complexity index is 579. The molecule has 1 aromatic heterocycles. The summed E-state index contributed by atoms with van der Waals surface area (Å²) in [7, 11) is 0. The molecule has 0 aliphatic carbocycles. The van der Waals surface area contributed by atoms with Crippen molar-refractivity contribution in [2.45, 2.75) is 20.4 Å². The van der Waals surface area contributed by atoms with Gasteiger partial charge in [-0.05, 0) is 43.7 Å². The summed E-state index contributed by atoms with van der Waals surface area (Å²) in [5.74, 6) is -0.164. The number of amides is 1. The van der Waals surface area contributed by atoms with Crippen molar-refractivity contribution < 1.29 is 4.79 Å². The van der Waals surface area contributed by atoms with Crippen molar-refractivity contribution in [3.63, 3.8) is 0 Å². The number of nitrogens with two attached hydrogens (primary N) is 2. The molecule has 0 spiro atoms. The fourth-order valence-electron chi connectivity index (χ4n) is 1.81. The molecule has 4 nitrogen and oxygen atoms in total. The van der Waals surface area contributed by atoms with Crippen LogP contribution in [0.25, 0.3) is 0 Å². The lowest BCUT2D eigenvalue weighted by Gasteiger charge is -2.06. The van der Waals surface area contributed by atoms with Crippen LogP contribution in [0, 0.1) is 13.8 Å². The Morgan fingerprint density at radius 1 is 1.16 bits per heavy atom. The van der Waals surface area contributed by atoms with Crippen molar-refractivity contribution in [1.82, 2.24) is 5.32 Å². The molecule has 0 aliphatic heterocycles. The van der Waals surface area contributed by atoms with Crippen LogP contribution in [0.2, 0.25) is 0 Å². The van der Waals surface area contributed by atoms with E-state index in [-0.39, 0.29) is 5.91 Å². The van der Waals surface area contributed by atoms with Gasteiger partial charge < -0.3 is 16.8 Å². The van der Waals surface area contributed by atoms with Gasteiger partial charge in [0.05, 0.1) is 6.54 Å². The van der Waals surface area contributed by atoms with Gasteiger partial charge in [0.1, 0.15) is 0 Å². The SMILES string of the molecule is Cc1cc(CNC(=O)c2cc(N)cc(N)c2)sc1C. The summed E-state index contributed by atoms with van der Waals surface area (Å²) in [4.78, 5) is 14.4. The molecule has 1 aromatic carbocycles. The van der Waals surface area contributed by atoms with E-state index in [1.54, 1.807) is 29.5 Å². The van der Waals surface area contributed by atoms with Gasteiger partial charge >= 0.3 is 0 Å². The van der Waals surface area contributed by atoms with Crippen LogP contribution in [-0.2, 0) is 6.54 Å². The van der Waals surface area contributed by atoms with Crippen LogP contribution in [0.3, 0.4) is 0 Å². The first-order valence-electron chi connectivity index (χ1n) is 5.96. The van der Waals surface area contributed by atoms with Crippen molar-refractivity contribution in [2.24, 2.45) is 0 Å². The number of benzene rings is 1. The summed E-state index contributed by atoms with van der Waals surface area (Å²) in [5.41, 5.74) is 14.1. The van der Waals surface area contributed by atoms with Crippen molar-refractivity contribution in [1.29, 1.82) is 0 Å². The Morgan fingerprint density at radius 2 is 1.79 bits per heavy atom. The number of hydrogen-bond acceptors (Lipinski definition) is 4. The molecule has 0 radical (unpaired) electrons. The quantitative estimate of drug-likeness (QED) is 0.753. The number of nitrogen functional groups attached to an aromatic ring is 2. The van der Waals surface area contributed by atoms with Gasteiger partial charge in [0.15, 0.2) is 0 Å². The second-order valence-electron chi connectivity index (χ2n) is 4.52. The van der Waals surface area contributed by atoms with Crippen LogP contribution in [0.15, 0.2) is 24.3 Å². The van der Waals surface area contributed by atoms with Crippen LogP contribution in [0.1, 0.15) is 25.7 Å². The summed E-state index contributed by atoms with van der Waals surface area (Å²) < 4.78 is 0. The minimum Gasteiger partial charge on any atom is -0.399 e. The lowest BCUT2D eigenvalue weighted by atomic mass is 10.1. The summed E-state index contributed by atoms with van der Waals surface area (Å²) in [6.07, 6.45) is 0. The summed E-state index contributed by atoms with van der Waals surface area (Å²) in [6, 6.07) is 6.96. The van der Waals surface area contributed by atoms with E-state index in [0.717, 1.165) is 4.88 Å². The number of carbonyl (C=O) groups is 1. The first kappa shape index (κ1) is 13.4. The van der Waals surface area contributed by atoms with Crippen LogP contribution in [0.5, 0.6) is 0 Å². The third-order valence-electron chi connectivity index (χ3n) is 2.88. The van der Waals surface area contributed by atoms with E-state index >= 15 is 0 Å². The van der Waals surface area contributed by atoms with Crippen LogP contribution in [-0.4, -0.2) is 5.91 Å². The van der Waals surface area contributed by atoms with Crippen molar-refractivity contribution in [3.8, 4) is 0 Å². The van der Waals surface area contributed by atoms with Crippen molar-refractivity contribution >= 4 is 28.6 Å². The number of nitrogens with one attached hydrogen (secondary N) is 1. The third-order valence-corrected chi connectivity index (χ3v) is 4.03. The van der Waals surface area contributed by atoms with Crippen LogP contribution >= 0.6 is 11.3 Å². The molecule has 0 fully saturated rings. The molecule has 5 heteroatoms. The number of rotatable bonds is 3. The van der Waals surface area contributed by atoms with Gasteiger partial charge in [-0.3, -0.25) is 4.79 Å². The maximum Gasteiger partial charge on any atom is 0.251 e. The number of hydrogen-bond donors (Lipinski definition) is 3. The molecular weight excluding hydrogens is 258 g/mol. The van der Waals surface area contributed by atoms with Crippen molar-refractivity contribution in [2.75, 3.05) is 11.5 Å². The molecule has 0 bridgehead atoms. The molecule has 0 unspecified atom stereocenters. The predicted octanol–water partition coefficient (Wildman–Crippen LogP) is 2.46. The minimum absolute atomic E-state index is 0.164. The highest BCUT2D eigenvalue weighted by molar-refractivity contribution is 7.12. The molecule has 5 N–H and O–H groups in total. The second kappa shape index (κ2) is 5.32. The van der Waals surface area contributed by atoms with E-state index in [0.29, 0.717) is 23.5 Å². The van der Waals surface area contributed by atoms with Gasteiger partial charge in [0, 0.05) is 26.7 Å². The molecular formula is C14H17N3OS. The third kappa shape index (κ3) is 3.26. The molecule has 1 heterocycles. The predicted molar refractivity (Wildman–Crippen MR) is 80.2 cm³/mol. The molecule has 19 heavy (non-hydrogen) atoms. The van der Waals surface area contributed by atoms with E-state index in [9.17, 15) is 4.79 Å². The zero-order valence-corrected chi connectivity index (χ0v) is 11.8. The highest BCUT2D eigenvalue weighted by Gasteiger charge is 2.08. The van der Waals surface area contributed by atoms with Gasteiger partial charge in [-0.1, -0.05) is 0 Å².